The van der Waals surface area contributed by atoms with Crippen LogP contribution in [0.15, 0.2) is 35.2 Å². The van der Waals surface area contributed by atoms with E-state index in [9.17, 15) is 23.3 Å². The van der Waals surface area contributed by atoms with Gasteiger partial charge in [-0.1, -0.05) is 13.8 Å². The summed E-state index contributed by atoms with van der Waals surface area (Å²) < 4.78 is 43.3. The topological polar surface area (TPSA) is 137 Å². The quantitative estimate of drug-likeness (QED) is 0.348. The molecule has 2 aromatic carbocycles. The standard InChI is InChI=1S/C22H29N3O8S/c1-6-24(7-2)34(29,30)15-10-11-19(32-8-3)17(12-15)23-22(26)16-13-20(31-5)21(33-9-4)14-18(16)25(27)28/h10-14H,6-9H2,1-5H3,(H,23,26). The van der Waals surface area contributed by atoms with Crippen molar-refractivity contribution in [3.63, 3.8) is 0 Å². The first-order valence-electron chi connectivity index (χ1n) is 10.7. The zero-order valence-corrected chi connectivity index (χ0v) is 20.6. The van der Waals surface area contributed by atoms with Crippen molar-refractivity contribution in [2.45, 2.75) is 32.6 Å². The zero-order chi connectivity index (χ0) is 25.5. The average molecular weight is 496 g/mol. The minimum Gasteiger partial charge on any atom is -0.493 e. The van der Waals surface area contributed by atoms with Crippen LogP contribution in [0.3, 0.4) is 0 Å². The first-order chi connectivity index (χ1) is 16.1. The molecule has 0 saturated carbocycles. The van der Waals surface area contributed by atoms with Crippen molar-refractivity contribution in [3.8, 4) is 17.2 Å². The van der Waals surface area contributed by atoms with Crippen molar-refractivity contribution in [3.05, 3.63) is 46.0 Å². The van der Waals surface area contributed by atoms with Crippen molar-refractivity contribution in [1.29, 1.82) is 0 Å². The maximum absolute atomic E-state index is 13.1. The number of ether oxygens (including phenoxy) is 3. The molecule has 34 heavy (non-hydrogen) atoms. The Morgan fingerprint density at radius 3 is 2.15 bits per heavy atom. The lowest BCUT2D eigenvalue weighted by molar-refractivity contribution is -0.385. The maximum atomic E-state index is 13.1. The van der Waals surface area contributed by atoms with Crippen molar-refractivity contribution in [1.82, 2.24) is 4.31 Å². The fourth-order valence-electron chi connectivity index (χ4n) is 3.26. The summed E-state index contributed by atoms with van der Waals surface area (Å²) in [4.78, 5) is 24.0. The molecule has 0 bridgehead atoms. The Bertz CT molecular complexity index is 1150. The Labute approximate surface area is 198 Å². The molecule has 0 saturated heterocycles. The monoisotopic (exact) mass is 495 g/mol. The van der Waals surface area contributed by atoms with Crippen LogP contribution >= 0.6 is 0 Å². The molecule has 2 aromatic rings. The molecule has 186 valence electrons. The van der Waals surface area contributed by atoms with Crippen LogP contribution in [0.4, 0.5) is 11.4 Å². The number of methoxy groups -OCH3 is 1. The van der Waals surface area contributed by atoms with Gasteiger partial charge in [-0.3, -0.25) is 14.9 Å². The van der Waals surface area contributed by atoms with E-state index < -0.39 is 26.5 Å². The van der Waals surface area contributed by atoms with Crippen molar-refractivity contribution in [2.24, 2.45) is 0 Å². The van der Waals surface area contributed by atoms with Crippen LogP contribution in [-0.4, -0.2) is 57.0 Å². The maximum Gasteiger partial charge on any atom is 0.286 e. The predicted octanol–water partition coefficient (Wildman–Crippen LogP) is 3.68. The van der Waals surface area contributed by atoms with Gasteiger partial charge in [-0.2, -0.15) is 4.31 Å². The summed E-state index contributed by atoms with van der Waals surface area (Å²) in [6.45, 7) is 7.91. The Morgan fingerprint density at radius 2 is 1.62 bits per heavy atom. The molecule has 1 amide bonds. The molecule has 0 aromatic heterocycles. The molecule has 11 nitrogen and oxygen atoms in total. The van der Waals surface area contributed by atoms with Crippen molar-refractivity contribution in [2.75, 3.05) is 38.7 Å². The number of carbonyl (C=O) groups is 1. The molecule has 0 spiro atoms. The summed E-state index contributed by atoms with van der Waals surface area (Å²) in [5.74, 6) is -0.364. The lowest BCUT2D eigenvalue weighted by atomic mass is 10.1. The molecule has 0 atom stereocenters. The molecule has 0 unspecified atom stereocenters. The molecule has 1 N–H and O–H groups in total. The van der Waals surface area contributed by atoms with E-state index in [1.165, 1.54) is 35.7 Å². The fourth-order valence-corrected chi connectivity index (χ4v) is 4.75. The van der Waals surface area contributed by atoms with Gasteiger partial charge in [0, 0.05) is 19.2 Å². The molecule has 0 aliphatic carbocycles. The number of hydrogen-bond donors (Lipinski definition) is 1. The van der Waals surface area contributed by atoms with Crippen LogP contribution in [-0.2, 0) is 10.0 Å². The number of hydrogen-bond acceptors (Lipinski definition) is 8. The first-order valence-corrected chi connectivity index (χ1v) is 12.2. The molecular weight excluding hydrogens is 466 g/mol. The van der Waals surface area contributed by atoms with E-state index in [1.807, 2.05) is 0 Å². The summed E-state index contributed by atoms with van der Waals surface area (Å²) in [6.07, 6.45) is 0. The first kappa shape index (κ1) is 26.9. The lowest BCUT2D eigenvalue weighted by Gasteiger charge is -2.20. The number of nitro groups is 1. The van der Waals surface area contributed by atoms with Gasteiger partial charge in [-0.15, -0.1) is 0 Å². The summed E-state index contributed by atoms with van der Waals surface area (Å²) >= 11 is 0. The van der Waals surface area contributed by atoms with E-state index >= 15 is 0 Å². The number of nitrogens with zero attached hydrogens (tertiary/aromatic N) is 2. The van der Waals surface area contributed by atoms with Gasteiger partial charge in [0.1, 0.15) is 11.3 Å². The van der Waals surface area contributed by atoms with Crippen LogP contribution in [0.1, 0.15) is 38.1 Å². The van der Waals surface area contributed by atoms with E-state index in [2.05, 4.69) is 5.32 Å². The molecule has 0 aliphatic heterocycles. The highest BCUT2D eigenvalue weighted by Gasteiger charge is 2.27. The van der Waals surface area contributed by atoms with Gasteiger partial charge in [0.05, 0.1) is 41.9 Å². The number of nitrogens with one attached hydrogen (secondary N) is 1. The van der Waals surface area contributed by atoms with E-state index in [1.54, 1.807) is 27.7 Å². The van der Waals surface area contributed by atoms with Gasteiger partial charge in [0.2, 0.25) is 10.0 Å². The highest BCUT2D eigenvalue weighted by molar-refractivity contribution is 7.89. The fraction of sp³-hybridized carbons (Fsp3) is 0.409. The van der Waals surface area contributed by atoms with Crippen molar-refractivity contribution < 1.29 is 32.3 Å². The van der Waals surface area contributed by atoms with Crippen molar-refractivity contribution >= 4 is 27.3 Å². The second-order valence-electron chi connectivity index (χ2n) is 6.84. The molecule has 2 rings (SSSR count). The van der Waals surface area contributed by atoms with Gasteiger partial charge >= 0.3 is 0 Å². The van der Waals surface area contributed by atoms with Crippen LogP contribution in [0.25, 0.3) is 0 Å². The summed E-state index contributed by atoms with van der Waals surface area (Å²) in [7, 11) is -2.47. The Balaban J connectivity index is 2.57. The van der Waals surface area contributed by atoms with Gasteiger partial charge in [0.15, 0.2) is 11.5 Å². The number of sulfonamides is 1. The third-order valence-electron chi connectivity index (χ3n) is 4.87. The number of benzene rings is 2. The Morgan fingerprint density at radius 1 is 1.00 bits per heavy atom. The van der Waals surface area contributed by atoms with Gasteiger partial charge in [-0.05, 0) is 32.0 Å². The zero-order valence-electron chi connectivity index (χ0n) is 19.8. The van der Waals surface area contributed by atoms with Gasteiger partial charge in [-0.25, -0.2) is 8.42 Å². The number of amides is 1. The van der Waals surface area contributed by atoms with Crippen LogP contribution < -0.4 is 19.5 Å². The average Bonchev–Trinajstić information content (AvgIpc) is 2.80. The normalized spacial score (nSPS) is 11.2. The lowest BCUT2D eigenvalue weighted by Crippen LogP contribution is -2.30. The van der Waals surface area contributed by atoms with E-state index in [0.717, 1.165) is 6.07 Å². The SMILES string of the molecule is CCOc1ccc(S(=O)(=O)N(CC)CC)cc1NC(=O)c1cc(OC)c(OCC)cc1[N+](=O)[O-]. The molecule has 0 radical (unpaired) electrons. The predicted molar refractivity (Wildman–Crippen MR) is 126 cm³/mol. The smallest absolute Gasteiger partial charge is 0.286 e. The Kier molecular flexibility index (Phi) is 9.21. The van der Waals surface area contributed by atoms with E-state index in [0.29, 0.717) is 0 Å². The molecule has 0 fully saturated rings. The van der Waals surface area contributed by atoms with E-state index in [-0.39, 0.29) is 59.7 Å². The molecule has 0 heterocycles. The van der Waals surface area contributed by atoms with E-state index in [4.69, 9.17) is 14.2 Å². The molecule has 0 aliphatic rings. The van der Waals surface area contributed by atoms with Crippen LogP contribution in [0.5, 0.6) is 17.2 Å². The highest BCUT2D eigenvalue weighted by Crippen LogP contribution is 2.36. The largest absolute Gasteiger partial charge is 0.493 e. The van der Waals surface area contributed by atoms with Crippen LogP contribution in [0.2, 0.25) is 0 Å². The summed E-state index contributed by atoms with van der Waals surface area (Å²) in [5.41, 5.74) is -0.724. The molecule has 12 heteroatoms. The second-order valence-corrected chi connectivity index (χ2v) is 8.78. The second kappa shape index (κ2) is 11.7. The number of nitro benzene ring substituents is 1. The third-order valence-corrected chi connectivity index (χ3v) is 6.91. The number of anilines is 1. The number of carbonyl (C=O) groups excluding carboxylic acids is 1. The summed E-state index contributed by atoms with van der Waals surface area (Å²) in [5, 5.41) is 14.2. The van der Waals surface area contributed by atoms with Gasteiger partial charge < -0.3 is 19.5 Å². The van der Waals surface area contributed by atoms with Crippen LogP contribution in [0, 0.1) is 10.1 Å². The highest BCUT2D eigenvalue weighted by atomic mass is 32.2. The minimum absolute atomic E-state index is 0.0475. The summed E-state index contributed by atoms with van der Waals surface area (Å²) in [6, 6.07) is 6.41. The minimum atomic E-state index is -3.82. The van der Waals surface area contributed by atoms with Gasteiger partial charge in [0.25, 0.3) is 11.6 Å². The third kappa shape index (κ3) is 5.75. The molecular formula is C22H29N3O8S. The Hall–Kier alpha value is -3.38. The number of rotatable bonds is 12.